The van der Waals surface area contributed by atoms with Crippen LogP contribution in [0, 0.1) is 23.2 Å². The lowest BCUT2D eigenvalue weighted by Gasteiger charge is -2.55. The molecular weight excluding hydrogens is 392 g/mol. The maximum Gasteiger partial charge on any atom is 0.293 e. The van der Waals surface area contributed by atoms with Gasteiger partial charge in [0.15, 0.2) is 0 Å². The molecule has 4 saturated carbocycles. The van der Waals surface area contributed by atoms with E-state index in [9.17, 15) is 14.4 Å². The number of thioether (sulfide) groups is 1. The Kier molecular flexibility index (Phi) is 4.62. The molecule has 5 nitrogen and oxygen atoms in total. The molecule has 0 unspecified atom stereocenters. The first kappa shape index (κ1) is 18.4. The van der Waals surface area contributed by atoms with Gasteiger partial charge in [0.2, 0.25) is 5.91 Å². The van der Waals surface area contributed by atoms with Crippen LogP contribution >= 0.6 is 23.1 Å². The van der Waals surface area contributed by atoms with Crippen LogP contribution < -0.4 is 5.32 Å². The summed E-state index contributed by atoms with van der Waals surface area (Å²) in [5, 5.41) is 4.74. The maximum atomic E-state index is 13.0. The van der Waals surface area contributed by atoms with Crippen LogP contribution in [0.5, 0.6) is 0 Å². The molecule has 1 saturated heterocycles. The molecule has 6 rings (SSSR count). The Morgan fingerprint density at radius 3 is 2.46 bits per heavy atom. The molecule has 0 spiro atoms. The zero-order valence-corrected chi connectivity index (χ0v) is 17.3. The van der Waals surface area contributed by atoms with Gasteiger partial charge in [0.1, 0.15) is 0 Å². The number of amides is 3. The molecule has 2 heterocycles. The Morgan fingerprint density at radius 1 is 1.18 bits per heavy atom. The van der Waals surface area contributed by atoms with E-state index in [1.807, 2.05) is 17.5 Å². The molecule has 5 fully saturated rings. The lowest BCUT2D eigenvalue weighted by Crippen LogP contribution is -2.54. The van der Waals surface area contributed by atoms with E-state index < -0.39 is 0 Å². The monoisotopic (exact) mass is 416 g/mol. The van der Waals surface area contributed by atoms with Crippen molar-refractivity contribution < 1.29 is 14.4 Å². The van der Waals surface area contributed by atoms with Gasteiger partial charge in [0, 0.05) is 23.4 Å². The summed E-state index contributed by atoms with van der Waals surface area (Å²) in [6, 6.07) is 3.84. The van der Waals surface area contributed by atoms with Crippen molar-refractivity contribution in [2.45, 2.75) is 38.5 Å². The molecule has 0 atom stereocenters. The predicted molar refractivity (Wildman–Crippen MR) is 111 cm³/mol. The van der Waals surface area contributed by atoms with Crippen LogP contribution in [0.2, 0.25) is 0 Å². The highest BCUT2D eigenvalue weighted by molar-refractivity contribution is 8.18. The Hall–Kier alpha value is -1.60. The van der Waals surface area contributed by atoms with Gasteiger partial charge in [0.05, 0.1) is 4.91 Å². The van der Waals surface area contributed by atoms with E-state index >= 15 is 0 Å². The van der Waals surface area contributed by atoms with Crippen molar-refractivity contribution in [2.24, 2.45) is 23.2 Å². The smallest absolute Gasteiger partial charge is 0.293 e. The molecule has 1 aliphatic heterocycles. The fraction of sp³-hybridized carbons (Fsp3) is 0.571. The zero-order valence-electron chi connectivity index (χ0n) is 15.7. The van der Waals surface area contributed by atoms with Crippen molar-refractivity contribution in [3.8, 4) is 0 Å². The summed E-state index contributed by atoms with van der Waals surface area (Å²) in [5.41, 5.74) is -0.188. The zero-order chi connectivity index (χ0) is 19.3. The fourth-order valence-electron chi connectivity index (χ4n) is 6.05. The van der Waals surface area contributed by atoms with Crippen LogP contribution in [0.25, 0.3) is 6.08 Å². The molecule has 1 aromatic rings. The summed E-state index contributed by atoms with van der Waals surface area (Å²) in [6.07, 6.45) is 8.76. The molecule has 4 aliphatic carbocycles. The number of nitrogens with one attached hydrogen (secondary N) is 1. The summed E-state index contributed by atoms with van der Waals surface area (Å²) < 4.78 is 0. The minimum absolute atomic E-state index is 0.146. The average Bonchev–Trinajstić information content (AvgIpc) is 3.24. The summed E-state index contributed by atoms with van der Waals surface area (Å²) in [5.74, 6) is 2.06. The van der Waals surface area contributed by atoms with Gasteiger partial charge in [-0.1, -0.05) is 6.07 Å². The van der Waals surface area contributed by atoms with Crippen molar-refractivity contribution in [2.75, 3.05) is 13.1 Å². The fourth-order valence-corrected chi connectivity index (χ4v) is 7.64. The molecule has 1 N–H and O–H groups in total. The number of hydrogen-bond donors (Lipinski definition) is 1. The molecule has 0 aromatic carbocycles. The van der Waals surface area contributed by atoms with E-state index in [1.54, 1.807) is 6.08 Å². The third-order valence-electron chi connectivity index (χ3n) is 6.83. The minimum Gasteiger partial charge on any atom is -0.354 e. The van der Waals surface area contributed by atoms with Gasteiger partial charge in [-0.05, 0) is 85.6 Å². The molecule has 148 valence electrons. The second-order valence-electron chi connectivity index (χ2n) is 8.80. The van der Waals surface area contributed by atoms with Crippen molar-refractivity contribution in [1.82, 2.24) is 10.2 Å². The summed E-state index contributed by atoms with van der Waals surface area (Å²) in [4.78, 5) is 40.5. The first-order chi connectivity index (χ1) is 13.5. The van der Waals surface area contributed by atoms with Gasteiger partial charge in [0.25, 0.3) is 11.1 Å². The highest BCUT2D eigenvalue weighted by Crippen LogP contribution is 2.60. The van der Waals surface area contributed by atoms with E-state index in [0.29, 0.717) is 11.4 Å². The van der Waals surface area contributed by atoms with E-state index in [1.165, 1.54) is 35.5 Å². The lowest BCUT2D eigenvalue weighted by atomic mass is 9.49. The molecular formula is C21H24N2O3S2. The van der Waals surface area contributed by atoms with Crippen LogP contribution in [-0.4, -0.2) is 35.0 Å². The number of imide groups is 1. The Labute approximate surface area is 172 Å². The number of carbonyl (C=O) groups excluding carboxylic acids is 3. The third kappa shape index (κ3) is 3.22. The van der Waals surface area contributed by atoms with E-state index in [-0.39, 0.29) is 29.0 Å². The largest absolute Gasteiger partial charge is 0.354 e. The Morgan fingerprint density at radius 2 is 1.86 bits per heavy atom. The molecule has 28 heavy (non-hydrogen) atoms. The highest BCUT2D eigenvalue weighted by atomic mass is 32.2. The Balaban J connectivity index is 1.19. The van der Waals surface area contributed by atoms with Crippen LogP contribution in [0.1, 0.15) is 43.4 Å². The number of thiophene rings is 1. The first-order valence-electron chi connectivity index (χ1n) is 10.1. The van der Waals surface area contributed by atoms with E-state index in [0.717, 1.165) is 53.7 Å². The number of carbonyl (C=O) groups is 3. The summed E-state index contributed by atoms with van der Waals surface area (Å²) in [7, 11) is 0. The number of nitrogens with zero attached hydrogens (tertiary/aromatic N) is 1. The van der Waals surface area contributed by atoms with Crippen LogP contribution in [0.15, 0.2) is 22.4 Å². The highest BCUT2D eigenvalue weighted by Gasteiger charge is 2.54. The van der Waals surface area contributed by atoms with Crippen LogP contribution in [0.3, 0.4) is 0 Å². The summed E-state index contributed by atoms with van der Waals surface area (Å²) >= 11 is 2.51. The second kappa shape index (κ2) is 7.02. The second-order valence-corrected chi connectivity index (χ2v) is 10.8. The number of hydrogen-bond acceptors (Lipinski definition) is 5. The van der Waals surface area contributed by atoms with Crippen LogP contribution in [-0.2, 0) is 9.59 Å². The molecule has 7 heteroatoms. The summed E-state index contributed by atoms with van der Waals surface area (Å²) in [6.45, 7) is 0.579. The van der Waals surface area contributed by atoms with E-state index in [4.69, 9.17) is 0 Å². The molecule has 4 bridgehead atoms. The van der Waals surface area contributed by atoms with Gasteiger partial charge in [-0.3, -0.25) is 19.3 Å². The topological polar surface area (TPSA) is 66.5 Å². The first-order valence-corrected chi connectivity index (χ1v) is 11.8. The molecule has 3 amide bonds. The molecule has 1 aromatic heterocycles. The van der Waals surface area contributed by atoms with E-state index in [2.05, 4.69) is 5.32 Å². The average molecular weight is 417 g/mol. The number of rotatable bonds is 5. The third-order valence-corrected chi connectivity index (χ3v) is 8.56. The maximum absolute atomic E-state index is 13.0. The van der Waals surface area contributed by atoms with Gasteiger partial charge in [-0.25, -0.2) is 0 Å². The SMILES string of the molecule is O=C1S/C(=C\c2cccs2)C(=O)N1CCNC(=O)C12CC3CC(CC(C3)C1)C2. The predicted octanol–water partition coefficient (Wildman–Crippen LogP) is 4.12. The molecule has 5 aliphatic rings. The van der Waals surface area contributed by atoms with Crippen LogP contribution in [0.4, 0.5) is 4.79 Å². The van der Waals surface area contributed by atoms with Gasteiger partial charge < -0.3 is 5.32 Å². The normalized spacial score (nSPS) is 35.2. The van der Waals surface area contributed by atoms with Gasteiger partial charge in [-0.2, -0.15) is 0 Å². The molecule has 0 radical (unpaired) electrons. The van der Waals surface area contributed by atoms with Gasteiger partial charge >= 0.3 is 0 Å². The van der Waals surface area contributed by atoms with Crippen molar-refractivity contribution in [3.05, 3.63) is 27.3 Å². The lowest BCUT2D eigenvalue weighted by molar-refractivity contribution is -0.146. The van der Waals surface area contributed by atoms with Crippen molar-refractivity contribution >= 4 is 46.2 Å². The van der Waals surface area contributed by atoms with Crippen molar-refractivity contribution in [1.29, 1.82) is 0 Å². The van der Waals surface area contributed by atoms with Gasteiger partial charge in [-0.15, -0.1) is 11.3 Å². The Bertz CT molecular complexity index is 811. The van der Waals surface area contributed by atoms with Crippen molar-refractivity contribution in [3.63, 3.8) is 0 Å². The standard InChI is InChI=1S/C21H24N2O3S2/c24-18-17(9-16-2-1-5-27-16)28-20(26)23(18)4-3-22-19(25)21-10-13-6-14(11-21)8-15(7-13)12-21/h1-2,5,9,13-15H,3-4,6-8,10-12H2,(H,22,25)/b17-9-. The minimum atomic E-state index is -0.257. The quantitative estimate of drug-likeness (QED) is 0.734.